The van der Waals surface area contributed by atoms with Gasteiger partial charge in [-0.3, -0.25) is 0 Å². The molecule has 0 spiro atoms. The number of nitrogens with one attached hydrogen (secondary N) is 1. The SMILES string of the molecule is CCN(CC)c1ncc(CNCCC2CCCO2)s1. The second-order valence-electron chi connectivity index (χ2n) is 4.88. The summed E-state index contributed by atoms with van der Waals surface area (Å²) < 4.78 is 5.61. The molecule has 19 heavy (non-hydrogen) atoms. The standard InChI is InChI=1S/C14H25N3OS/c1-3-17(4-2)14-16-11-13(19-14)10-15-8-7-12-6-5-9-18-12/h11-12,15H,3-10H2,1-2H3. The van der Waals surface area contributed by atoms with E-state index in [0.29, 0.717) is 6.10 Å². The predicted octanol–water partition coefficient (Wildman–Crippen LogP) is 2.65. The van der Waals surface area contributed by atoms with Crippen molar-refractivity contribution >= 4 is 16.5 Å². The van der Waals surface area contributed by atoms with Crippen LogP contribution in [0.1, 0.15) is 38.0 Å². The molecule has 0 aromatic carbocycles. The number of aromatic nitrogens is 1. The summed E-state index contributed by atoms with van der Waals surface area (Å²) in [5.74, 6) is 0. The van der Waals surface area contributed by atoms with E-state index in [1.165, 1.54) is 17.7 Å². The lowest BCUT2D eigenvalue weighted by Crippen LogP contribution is -2.21. The Hall–Kier alpha value is -0.650. The highest BCUT2D eigenvalue weighted by Gasteiger charge is 2.14. The zero-order valence-corrected chi connectivity index (χ0v) is 12.8. The molecule has 1 aliphatic heterocycles. The van der Waals surface area contributed by atoms with E-state index in [9.17, 15) is 0 Å². The van der Waals surface area contributed by atoms with E-state index in [0.717, 1.165) is 44.3 Å². The maximum atomic E-state index is 5.61. The quantitative estimate of drug-likeness (QED) is 0.744. The number of thiazole rings is 1. The number of anilines is 1. The van der Waals surface area contributed by atoms with Gasteiger partial charge < -0.3 is 15.0 Å². The fourth-order valence-corrected chi connectivity index (χ4v) is 3.37. The van der Waals surface area contributed by atoms with Crippen molar-refractivity contribution in [1.82, 2.24) is 10.3 Å². The van der Waals surface area contributed by atoms with Crippen LogP contribution in [-0.2, 0) is 11.3 Å². The highest BCUT2D eigenvalue weighted by Crippen LogP contribution is 2.22. The zero-order valence-electron chi connectivity index (χ0n) is 12.0. The first-order valence-electron chi connectivity index (χ1n) is 7.35. The first-order chi connectivity index (χ1) is 9.33. The molecule has 1 fully saturated rings. The highest BCUT2D eigenvalue weighted by atomic mass is 32.1. The van der Waals surface area contributed by atoms with Gasteiger partial charge in [-0.2, -0.15) is 0 Å². The molecule has 0 saturated carbocycles. The van der Waals surface area contributed by atoms with E-state index in [4.69, 9.17) is 4.74 Å². The van der Waals surface area contributed by atoms with Crippen molar-refractivity contribution in [2.24, 2.45) is 0 Å². The maximum absolute atomic E-state index is 5.61. The van der Waals surface area contributed by atoms with Gasteiger partial charge in [0.15, 0.2) is 5.13 Å². The number of nitrogens with zero attached hydrogens (tertiary/aromatic N) is 2. The molecule has 1 aromatic rings. The molecule has 0 aliphatic carbocycles. The summed E-state index contributed by atoms with van der Waals surface area (Å²) in [4.78, 5) is 8.10. The van der Waals surface area contributed by atoms with Crippen molar-refractivity contribution in [3.05, 3.63) is 11.1 Å². The van der Waals surface area contributed by atoms with Crippen LogP contribution < -0.4 is 10.2 Å². The molecule has 1 N–H and O–H groups in total. The van der Waals surface area contributed by atoms with E-state index in [1.54, 1.807) is 11.3 Å². The third-order valence-electron chi connectivity index (χ3n) is 3.54. The van der Waals surface area contributed by atoms with Crippen molar-refractivity contribution in [2.75, 3.05) is 31.1 Å². The van der Waals surface area contributed by atoms with E-state index in [1.807, 2.05) is 6.20 Å². The van der Waals surface area contributed by atoms with Gasteiger partial charge in [0.25, 0.3) is 0 Å². The van der Waals surface area contributed by atoms with Gasteiger partial charge in [0.2, 0.25) is 0 Å². The summed E-state index contributed by atoms with van der Waals surface area (Å²) in [6.07, 6.45) is 6.07. The smallest absolute Gasteiger partial charge is 0.185 e. The predicted molar refractivity (Wildman–Crippen MR) is 81.0 cm³/mol. The van der Waals surface area contributed by atoms with Gasteiger partial charge >= 0.3 is 0 Å². The number of rotatable bonds is 8. The Morgan fingerprint density at radius 3 is 3.00 bits per heavy atom. The first-order valence-corrected chi connectivity index (χ1v) is 8.17. The molecule has 2 heterocycles. The van der Waals surface area contributed by atoms with Gasteiger partial charge in [0.1, 0.15) is 0 Å². The first kappa shape index (κ1) is 14.8. The Bertz CT molecular complexity index is 359. The van der Waals surface area contributed by atoms with Crippen LogP contribution >= 0.6 is 11.3 Å². The Kier molecular flexibility index (Phi) is 6.07. The molecule has 0 radical (unpaired) electrons. The molecule has 4 nitrogen and oxygen atoms in total. The highest BCUT2D eigenvalue weighted by molar-refractivity contribution is 7.15. The minimum Gasteiger partial charge on any atom is -0.378 e. The second-order valence-corrected chi connectivity index (χ2v) is 5.98. The Morgan fingerprint density at radius 2 is 2.32 bits per heavy atom. The minimum absolute atomic E-state index is 0.486. The second kappa shape index (κ2) is 7.82. The lowest BCUT2D eigenvalue weighted by Gasteiger charge is -2.16. The van der Waals surface area contributed by atoms with Gasteiger partial charge in [-0.15, -0.1) is 11.3 Å². The number of hydrogen-bond donors (Lipinski definition) is 1. The Morgan fingerprint density at radius 1 is 1.47 bits per heavy atom. The van der Waals surface area contributed by atoms with Crippen molar-refractivity contribution in [1.29, 1.82) is 0 Å². The molecule has 1 aliphatic rings. The molecule has 1 saturated heterocycles. The average Bonchev–Trinajstić information content (AvgIpc) is 3.08. The van der Waals surface area contributed by atoms with Crippen molar-refractivity contribution in [2.45, 2.75) is 45.8 Å². The van der Waals surface area contributed by atoms with Gasteiger partial charge in [-0.25, -0.2) is 4.98 Å². The van der Waals surface area contributed by atoms with Crippen LogP contribution in [0.4, 0.5) is 5.13 Å². The van der Waals surface area contributed by atoms with Gasteiger partial charge in [-0.05, 0) is 39.7 Å². The average molecular weight is 283 g/mol. The summed E-state index contributed by atoms with van der Waals surface area (Å²) in [7, 11) is 0. The van der Waals surface area contributed by atoms with Gasteiger partial charge in [-0.1, -0.05) is 0 Å². The fourth-order valence-electron chi connectivity index (χ4n) is 2.37. The Balaban J connectivity index is 1.68. The molecule has 0 bridgehead atoms. The van der Waals surface area contributed by atoms with Crippen LogP contribution in [0.15, 0.2) is 6.20 Å². The number of hydrogen-bond acceptors (Lipinski definition) is 5. The van der Waals surface area contributed by atoms with Gasteiger partial charge in [0.05, 0.1) is 6.10 Å². The molecule has 1 unspecified atom stereocenters. The van der Waals surface area contributed by atoms with Crippen molar-refractivity contribution < 1.29 is 4.74 Å². The summed E-state index contributed by atoms with van der Waals surface area (Å²) in [6, 6.07) is 0. The van der Waals surface area contributed by atoms with E-state index >= 15 is 0 Å². The lowest BCUT2D eigenvalue weighted by atomic mass is 10.2. The normalized spacial score (nSPS) is 18.9. The Labute approximate surface area is 120 Å². The van der Waals surface area contributed by atoms with Crippen LogP contribution in [0.2, 0.25) is 0 Å². The third-order valence-corrected chi connectivity index (χ3v) is 4.60. The molecule has 1 atom stereocenters. The summed E-state index contributed by atoms with van der Waals surface area (Å²) in [6.45, 7) is 9.29. The summed E-state index contributed by atoms with van der Waals surface area (Å²) >= 11 is 1.79. The summed E-state index contributed by atoms with van der Waals surface area (Å²) in [5, 5.41) is 4.63. The van der Waals surface area contributed by atoms with Crippen LogP contribution in [0.3, 0.4) is 0 Å². The molecule has 2 rings (SSSR count). The van der Waals surface area contributed by atoms with E-state index < -0.39 is 0 Å². The minimum atomic E-state index is 0.486. The van der Waals surface area contributed by atoms with Crippen LogP contribution in [0.5, 0.6) is 0 Å². The van der Waals surface area contributed by atoms with Crippen molar-refractivity contribution in [3.8, 4) is 0 Å². The molecule has 0 amide bonds. The zero-order chi connectivity index (χ0) is 13.5. The summed E-state index contributed by atoms with van der Waals surface area (Å²) in [5.41, 5.74) is 0. The molecule has 108 valence electrons. The van der Waals surface area contributed by atoms with Crippen molar-refractivity contribution in [3.63, 3.8) is 0 Å². The fraction of sp³-hybridized carbons (Fsp3) is 0.786. The largest absolute Gasteiger partial charge is 0.378 e. The topological polar surface area (TPSA) is 37.4 Å². The van der Waals surface area contributed by atoms with Crippen LogP contribution in [-0.4, -0.2) is 37.3 Å². The molecule has 5 heteroatoms. The van der Waals surface area contributed by atoms with E-state index in [2.05, 4.69) is 29.0 Å². The van der Waals surface area contributed by atoms with Crippen LogP contribution in [0, 0.1) is 0 Å². The third kappa shape index (κ3) is 4.44. The maximum Gasteiger partial charge on any atom is 0.185 e. The molecular formula is C14H25N3OS. The number of ether oxygens (including phenoxy) is 1. The van der Waals surface area contributed by atoms with Crippen LogP contribution in [0.25, 0.3) is 0 Å². The lowest BCUT2D eigenvalue weighted by molar-refractivity contribution is 0.104. The monoisotopic (exact) mass is 283 g/mol. The van der Waals surface area contributed by atoms with Gasteiger partial charge in [0, 0.05) is 37.3 Å². The molecule has 1 aromatic heterocycles. The van der Waals surface area contributed by atoms with E-state index in [-0.39, 0.29) is 0 Å². The molecular weight excluding hydrogens is 258 g/mol.